The van der Waals surface area contributed by atoms with E-state index in [1.807, 2.05) is 37.3 Å². The van der Waals surface area contributed by atoms with Gasteiger partial charge in [-0.15, -0.1) is 0 Å². The molecule has 0 saturated heterocycles. The van der Waals surface area contributed by atoms with Crippen molar-refractivity contribution in [1.29, 1.82) is 0 Å². The van der Waals surface area contributed by atoms with Crippen LogP contribution in [0, 0.1) is 6.92 Å². The van der Waals surface area contributed by atoms with Gasteiger partial charge in [0.2, 0.25) is 5.91 Å². The minimum atomic E-state index is -0.419. The standard InChI is InChI=1S/C19H20N2O3/c1-13-8-4-5-9-15(13)12-17(20-14(2)22)19(23)21-16-10-6-7-11-18(16)24-3/h4-12H,1-3H3,(H,20,22)(H,21,23). The molecule has 0 aromatic heterocycles. The monoisotopic (exact) mass is 324 g/mol. The first kappa shape index (κ1) is 17.3. The molecule has 0 spiro atoms. The number of methoxy groups -OCH3 is 1. The second-order valence-corrected chi connectivity index (χ2v) is 5.25. The molecule has 0 aliphatic carbocycles. The van der Waals surface area contributed by atoms with Gasteiger partial charge in [0.1, 0.15) is 11.4 Å². The molecule has 5 nitrogen and oxygen atoms in total. The van der Waals surface area contributed by atoms with Crippen LogP contribution in [0.25, 0.3) is 6.08 Å². The number of benzene rings is 2. The minimum absolute atomic E-state index is 0.169. The summed E-state index contributed by atoms with van der Waals surface area (Å²) in [4.78, 5) is 24.0. The molecule has 0 saturated carbocycles. The predicted octanol–water partition coefficient (Wildman–Crippen LogP) is 3.12. The average Bonchev–Trinajstić information content (AvgIpc) is 2.56. The van der Waals surface area contributed by atoms with Crippen molar-refractivity contribution in [3.8, 4) is 5.75 Å². The van der Waals surface area contributed by atoms with Crippen molar-refractivity contribution < 1.29 is 14.3 Å². The van der Waals surface area contributed by atoms with Gasteiger partial charge in [-0.05, 0) is 36.3 Å². The molecule has 0 radical (unpaired) electrons. The van der Waals surface area contributed by atoms with Gasteiger partial charge in [-0.3, -0.25) is 9.59 Å². The summed E-state index contributed by atoms with van der Waals surface area (Å²) < 4.78 is 5.22. The Bertz CT molecular complexity index is 782. The third-order valence-corrected chi connectivity index (χ3v) is 3.40. The summed E-state index contributed by atoms with van der Waals surface area (Å²) in [7, 11) is 1.53. The van der Waals surface area contributed by atoms with E-state index in [9.17, 15) is 9.59 Å². The van der Waals surface area contributed by atoms with Crippen molar-refractivity contribution in [3.05, 3.63) is 65.4 Å². The van der Waals surface area contributed by atoms with Gasteiger partial charge in [-0.2, -0.15) is 0 Å². The third kappa shape index (κ3) is 4.46. The number of carbonyl (C=O) groups excluding carboxylic acids is 2. The van der Waals surface area contributed by atoms with E-state index in [0.717, 1.165) is 11.1 Å². The number of amides is 2. The fourth-order valence-electron chi connectivity index (χ4n) is 2.19. The van der Waals surface area contributed by atoms with Crippen LogP contribution in [-0.4, -0.2) is 18.9 Å². The van der Waals surface area contributed by atoms with E-state index >= 15 is 0 Å². The predicted molar refractivity (Wildman–Crippen MR) is 94.6 cm³/mol. The van der Waals surface area contributed by atoms with Gasteiger partial charge in [-0.1, -0.05) is 36.4 Å². The van der Waals surface area contributed by atoms with Crippen LogP contribution in [0.3, 0.4) is 0 Å². The fraction of sp³-hybridized carbons (Fsp3) is 0.158. The number of para-hydroxylation sites is 2. The molecule has 2 N–H and O–H groups in total. The highest BCUT2D eigenvalue weighted by Gasteiger charge is 2.14. The van der Waals surface area contributed by atoms with E-state index in [0.29, 0.717) is 11.4 Å². The van der Waals surface area contributed by atoms with Crippen LogP contribution < -0.4 is 15.4 Å². The first-order chi connectivity index (χ1) is 11.5. The Morgan fingerprint density at radius 1 is 1.04 bits per heavy atom. The van der Waals surface area contributed by atoms with Crippen LogP contribution in [0.4, 0.5) is 5.69 Å². The molecule has 2 aromatic rings. The van der Waals surface area contributed by atoms with Gasteiger partial charge in [0, 0.05) is 6.92 Å². The van der Waals surface area contributed by atoms with Gasteiger partial charge in [0.15, 0.2) is 0 Å². The van der Waals surface area contributed by atoms with Crippen molar-refractivity contribution in [2.24, 2.45) is 0 Å². The Morgan fingerprint density at radius 3 is 2.38 bits per heavy atom. The number of hydrogen-bond donors (Lipinski definition) is 2. The summed E-state index contributed by atoms with van der Waals surface area (Å²) >= 11 is 0. The lowest BCUT2D eigenvalue weighted by Gasteiger charge is -2.12. The molecule has 0 bridgehead atoms. The van der Waals surface area contributed by atoms with Gasteiger partial charge in [0.25, 0.3) is 5.91 Å². The molecule has 0 heterocycles. The molecular weight excluding hydrogens is 304 g/mol. The van der Waals surface area contributed by atoms with Crippen molar-refractivity contribution in [2.45, 2.75) is 13.8 Å². The van der Waals surface area contributed by atoms with E-state index < -0.39 is 5.91 Å². The zero-order valence-corrected chi connectivity index (χ0v) is 13.9. The van der Waals surface area contributed by atoms with Crippen molar-refractivity contribution in [2.75, 3.05) is 12.4 Å². The number of carbonyl (C=O) groups is 2. The summed E-state index contributed by atoms with van der Waals surface area (Å²) in [6.07, 6.45) is 1.65. The maximum absolute atomic E-state index is 12.6. The maximum atomic E-state index is 12.6. The average molecular weight is 324 g/mol. The molecular formula is C19H20N2O3. The van der Waals surface area contributed by atoms with Gasteiger partial charge < -0.3 is 15.4 Å². The fourth-order valence-corrected chi connectivity index (χ4v) is 2.19. The SMILES string of the molecule is COc1ccccc1NC(=O)C(=Cc1ccccc1C)NC(C)=O. The summed E-state index contributed by atoms with van der Waals surface area (Å²) in [6, 6.07) is 14.7. The van der Waals surface area contributed by atoms with E-state index in [2.05, 4.69) is 10.6 Å². The van der Waals surface area contributed by atoms with Crippen molar-refractivity contribution in [3.63, 3.8) is 0 Å². The molecule has 124 valence electrons. The van der Waals surface area contributed by atoms with Gasteiger partial charge >= 0.3 is 0 Å². The minimum Gasteiger partial charge on any atom is -0.495 e. The molecule has 0 fully saturated rings. The van der Waals surface area contributed by atoms with E-state index in [-0.39, 0.29) is 11.6 Å². The maximum Gasteiger partial charge on any atom is 0.272 e. The lowest BCUT2D eigenvalue weighted by molar-refractivity contribution is -0.120. The zero-order chi connectivity index (χ0) is 17.5. The molecule has 24 heavy (non-hydrogen) atoms. The molecule has 0 aliphatic heterocycles. The second-order valence-electron chi connectivity index (χ2n) is 5.25. The van der Waals surface area contributed by atoms with Crippen LogP contribution in [0.1, 0.15) is 18.1 Å². The molecule has 0 atom stereocenters. The molecule has 2 rings (SSSR count). The number of anilines is 1. The highest BCUT2D eigenvalue weighted by atomic mass is 16.5. The Morgan fingerprint density at radius 2 is 1.71 bits per heavy atom. The Labute approximate surface area is 141 Å². The molecule has 2 amide bonds. The smallest absolute Gasteiger partial charge is 0.272 e. The molecule has 0 aliphatic rings. The number of nitrogens with one attached hydrogen (secondary N) is 2. The lowest BCUT2D eigenvalue weighted by Crippen LogP contribution is -2.29. The highest BCUT2D eigenvalue weighted by molar-refractivity contribution is 6.09. The van der Waals surface area contributed by atoms with Gasteiger partial charge in [0.05, 0.1) is 12.8 Å². The molecule has 5 heteroatoms. The van der Waals surface area contributed by atoms with Crippen LogP contribution in [-0.2, 0) is 9.59 Å². The van der Waals surface area contributed by atoms with Crippen LogP contribution in [0.5, 0.6) is 5.75 Å². The van der Waals surface area contributed by atoms with Crippen molar-refractivity contribution >= 4 is 23.6 Å². The summed E-state index contributed by atoms with van der Waals surface area (Å²) in [5.41, 5.74) is 2.57. The quantitative estimate of drug-likeness (QED) is 0.830. The third-order valence-electron chi connectivity index (χ3n) is 3.40. The number of rotatable bonds is 5. The van der Waals surface area contributed by atoms with E-state index in [4.69, 9.17) is 4.74 Å². The van der Waals surface area contributed by atoms with E-state index in [1.54, 1.807) is 24.3 Å². The Kier molecular flexibility index (Phi) is 5.73. The Balaban J connectivity index is 2.32. The number of hydrogen-bond acceptors (Lipinski definition) is 3. The second kappa shape index (κ2) is 7.97. The largest absolute Gasteiger partial charge is 0.495 e. The zero-order valence-electron chi connectivity index (χ0n) is 13.9. The van der Waals surface area contributed by atoms with Crippen molar-refractivity contribution in [1.82, 2.24) is 5.32 Å². The number of ether oxygens (including phenoxy) is 1. The van der Waals surface area contributed by atoms with E-state index in [1.165, 1.54) is 14.0 Å². The summed E-state index contributed by atoms with van der Waals surface area (Å²) in [6.45, 7) is 3.30. The Hall–Kier alpha value is -3.08. The van der Waals surface area contributed by atoms with Crippen LogP contribution in [0.15, 0.2) is 54.2 Å². The molecule has 0 unspecified atom stereocenters. The summed E-state index contributed by atoms with van der Waals surface area (Å²) in [5, 5.41) is 5.34. The molecule has 2 aromatic carbocycles. The van der Waals surface area contributed by atoms with Crippen LogP contribution in [0.2, 0.25) is 0 Å². The topological polar surface area (TPSA) is 67.4 Å². The number of aryl methyl sites for hydroxylation is 1. The van der Waals surface area contributed by atoms with Gasteiger partial charge in [-0.25, -0.2) is 0 Å². The first-order valence-corrected chi connectivity index (χ1v) is 7.50. The normalized spacial score (nSPS) is 10.9. The first-order valence-electron chi connectivity index (χ1n) is 7.50. The van der Waals surface area contributed by atoms with Crippen LogP contribution >= 0.6 is 0 Å². The summed E-state index contributed by atoms with van der Waals surface area (Å²) in [5.74, 6) is -0.188. The lowest BCUT2D eigenvalue weighted by atomic mass is 10.1. The highest BCUT2D eigenvalue weighted by Crippen LogP contribution is 2.23.